The van der Waals surface area contributed by atoms with Gasteiger partial charge >= 0.3 is 5.97 Å². The SMILES string of the molecule is C=Cc1cc(S(C)(=O)=O)cc2c3c(n(Cc4ccc(Cl)cc4)c12)C(C(=O)O)CC3. The first-order chi connectivity index (χ1) is 13.7. The van der Waals surface area contributed by atoms with Gasteiger partial charge in [0.05, 0.1) is 16.3 Å². The molecule has 0 radical (unpaired) electrons. The molecule has 1 unspecified atom stereocenters. The summed E-state index contributed by atoms with van der Waals surface area (Å²) in [6, 6.07) is 10.7. The van der Waals surface area contributed by atoms with E-state index >= 15 is 0 Å². The van der Waals surface area contributed by atoms with Crippen molar-refractivity contribution in [1.29, 1.82) is 0 Å². The maximum absolute atomic E-state index is 12.2. The van der Waals surface area contributed by atoms with E-state index in [2.05, 4.69) is 6.58 Å². The Kier molecular flexibility index (Phi) is 4.79. The second-order valence-electron chi connectivity index (χ2n) is 7.39. The van der Waals surface area contributed by atoms with Crippen molar-refractivity contribution in [3.63, 3.8) is 0 Å². The minimum atomic E-state index is -3.42. The number of fused-ring (bicyclic) bond motifs is 3. The highest BCUT2D eigenvalue weighted by Gasteiger charge is 2.35. The van der Waals surface area contributed by atoms with Crippen molar-refractivity contribution in [2.45, 2.75) is 30.2 Å². The summed E-state index contributed by atoms with van der Waals surface area (Å²) in [6.45, 7) is 4.32. The number of aryl methyl sites for hydroxylation is 1. The summed E-state index contributed by atoms with van der Waals surface area (Å²) in [4.78, 5) is 12.1. The van der Waals surface area contributed by atoms with Gasteiger partial charge in [0.25, 0.3) is 0 Å². The number of hydrogen-bond donors (Lipinski definition) is 1. The van der Waals surface area contributed by atoms with Crippen LogP contribution in [0.15, 0.2) is 47.9 Å². The molecular formula is C22H20ClNO4S. The van der Waals surface area contributed by atoms with Crippen LogP contribution in [-0.2, 0) is 27.6 Å². The van der Waals surface area contributed by atoms with Crippen molar-refractivity contribution < 1.29 is 18.3 Å². The quantitative estimate of drug-likeness (QED) is 0.647. The standard InChI is InChI=1S/C22H20ClNO4S/c1-3-14-10-16(29(2,27)28)11-19-17-8-9-18(22(25)26)21(17)24(20(14)19)12-13-4-6-15(23)7-5-13/h3-7,10-11,18H,1,8-9,12H2,2H3,(H,25,26). The number of rotatable bonds is 5. The van der Waals surface area contributed by atoms with Gasteiger partial charge in [-0.3, -0.25) is 4.79 Å². The fourth-order valence-electron chi connectivity index (χ4n) is 4.22. The fraction of sp³-hybridized carbons (Fsp3) is 0.227. The van der Waals surface area contributed by atoms with Gasteiger partial charge in [-0.2, -0.15) is 0 Å². The van der Waals surface area contributed by atoms with Gasteiger partial charge in [-0.15, -0.1) is 0 Å². The average Bonchev–Trinajstić information content (AvgIpc) is 3.22. The van der Waals surface area contributed by atoms with Gasteiger partial charge in [-0.1, -0.05) is 36.4 Å². The number of aliphatic carboxylic acids is 1. The van der Waals surface area contributed by atoms with E-state index in [1.54, 1.807) is 30.3 Å². The van der Waals surface area contributed by atoms with Crippen molar-refractivity contribution in [2.75, 3.05) is 6.26 Å². The molecule has 0 saturated heterocycles. The van der Waals surface area contributed by atoms with Crippen LogP contribution in [0.5, 0.6) is 0 Å². The monoisotopic (exact) mass is 429 g/mol. The molecule has 4 rings (SSSR count). The summed E-state index contributed by atoms with van der Waals surface area (Å²) in [7, 11) is -3.42. The normalized spacial score (nSPS) is 16.1. The van der Waals surface area contributed by atoms with Crippen molar-refractivity contribution in [1.82, 2.24) is 4.57 Å². The lowest BCUT2D eigenvalue weighted by molar-refractivity contribution is -0.138. The van der Waals surface area contributed by atoms with Gasteiger partial charge in [0.2, 0.25) is 0 Å². The van der Waals surface area contributed by atoms with Gasteiger partial charge in [0, 0.05) is 28.9 Å². The summed E-state index contributed by atoms with van der Waals surface area (Å²) < 4.78 is 26.4. The van der Waals surface area contributed by atoms with Gasteiger partial charge < -0.3 is 9.67 Å². The predicted molar refractivity (Wildman–Crippen MR) is 114 cm³/mol. The lowest BCUT2D eigenvalue weighted by Gasteiger charge is -2.15. The number of benzene rings is 2. The van der Waals surface area contributed by atoms with Crippen LogP contribution in [0.4, 0.5) is 0 Å². The van der Waals surface area contributed by atoms with Gasteiger partial charge in [0.1, 0.15) is 0 Å². The number of nitrogens with zero attached hydrogens (tertiary/aromatic N) is 1. The van der Waals surface area contributed by atoms with Crippen LogP contribution >= 0.6 is 11.6 Å². The van der Waals surface area contributed by atoms with E-state index in [0.717, 1.165) is 27.7 Å². The van der Waals surface area contributed by atoms with Crippen LogP contribution in [0, 0.1) is 0 Å². The largest absolute Gasteiger partial charge is 0.481 e. The number of halogens is 1. The molecule has 150 valence electrons. The topological polar surface area (TPSA) is 76.4 Å². The second-order valence-corrected chi connectivity index (χ2v) is 9.84. The molecule has 0 fully saturated rings. The molecule has 1 aromatic heterocycles. The van der Waals surface area contributed by atoms with Crippen molar-refractivity contribution >= 4 is 44.4 Å². The summed E-state index contributed by atoms with van der Waals surface area (Å²) in [5.74, 6) is -1.49. The van der Waals surface area contributed by atoms with Crippen molar-refractivity contribution in [3.05, 3.63) is 70.4 Å². The fourth-order valence-corrected chi connectivity index (χ4v) is 5.01. The molecule has 0 saturated carbocycles. The number of hydrogen-bond acceptors (Lipinski definition) is 3. The van der Waals surface area contributed by atoms with Gasteiger partial charge in [0.15, 0.2) is 9.84 Å². The van der Waals surface area contributed by atoms with E-state index in [-0.39, 0.29) is 4.90 Å². The van der Waals surface area contributed by atoms with Crippen LogP contribution in [0.1, 0.15) is 34.7 Å². The Bertz CT molecular complexity index is 1260. The van der Waals surface area contributed by atoms with Gasteiger partial charge in [-0.25, -0.2) is 8.42 Å². The van der Waals surface area contributed by atoms with Crippen molar-refractivity contribution in [2.24, 2.45) is 0 Å². The Morgan fingerprint density at radius 1 is 1.31 bits per heavy atom. The van der Waals surface area contributed by atoms with Crippen LogP contribution in [0.3, 0.4) is 0 Å². The van der Waals surface area contributed by atoms with Crippen LogP contribution < -0.4 is 0 Å². The molecule has 1 heterocycles. The molecule has 0 bridgehead atoms. The van der Waals surface area contributed by atoms with Crippen LogP contribution in [-0.4, -0.2) is 30.3 Å². The summed E-state index contributed by atoms with van der Waals surface area (Å²) in [6.07, 6.45) is 3.90. The maximum Gasteiger partial charge on any atom is 0.312 e. The zero-order chi connectivity index (χ0) is 20.9. The van der Waals surface area contributed by atoms with Crippen LogP contribution in [0.25, 0.3) is 17.0 Å². The first kappa shape index (κ1) is 19.7. The zero-order valence-corrected chi connectivity index (χ0v) is 17.4. The Morgan fingerprint density at radius 2 is 2.00 bits per heavy atom. The molecule has 1 N–H and O–H groups in total. The molecule has 2 aromatic carbocycles. The van der Waals surface area contributed by atoms with E-state index in [9.17, 15) is 18.3 Å². The van der Waals surface area contributed by atoms with E-state index in [0.29, 0.717) is 30.0 Å². The zero-order valence-electron chi connectivity index (χ0n) is 15.9. The Hall–Kier alpha value is -2.57. The molecular weight excluding hydrogens is 410 g/mol. The first-order valence-electron chi connectivity index (χ1n) is 9.19. The number of carbonyl (C=O) groups is 1. The minimum Gasteiger partial charge on any atom is -0.481 e. The lowest BCUT2D eigenvalue weighted by atomic mass is 10.1. The smallest absolute Gasteiger partial charge is 0.312 e. The predicted octanol–water partition coefficient (Wildman–Crippen LogP) is 4.50. The van der Waals surface area contributed by atoms with E-state index in [4.69, 9.17) is 11.6 Å². The van der Waals surface area contributed by atoms with E-state index in [1.165, 1.54) is 6.26 Å². The molecule has 29 heavy (non-hydrogen) atoms. The summed E-state index contributed by atoms with van der Waals surface area (Å²) in [5, 5.41) is 11.2. The third-order valence-corrected chi connectivity index (χ3v) is 6.87. The number of carboxylic acid groups (broad SMARTS) is 1. The lowest BCUT2D eigenvalue weighted by Crippen LogP contribution is -2.14. The molecule has 0 spiro atoms. The molecule has 5 nitrogen and oxygen atoms in total. The minimum absolute atomic E-state index is 0.213. The first-order valence-corrected chi connectivity index (χ1v) is 11.5. The molecule has 1 aliphatic carbocycles. The van der Waals surface area contributed by atoms with Crippen LogP contribution in [0.2, 0.25) is 5.02 Å². The molecule has 7 heteroatoms. The Morgan fingerprint density at radius 3 is 2.59 bits per heavy atom. The van der Waals surface area contributed by atoms with E-state index < -0.39 is 21.7 Å². The average molecular weight is 430 g/mol. The second kappa shape index (κ2) is 7.04. The highest BCUT2D eigenvalue weighted by Crippen LogP contribution is 2.43. The van der Waals surface area contributed by atoms with Gasteiger partial charge in [-0.05, 0) is 53.8 Å². The highest BCUT2D eigenvalue weighted by atomic mass is 35.5. The number of sulfone groups is 1. The van der Waals surface area contributed by atoms with Crippen molar-refractivity contribution in [3.8, 4) is 0 Å². The highest BCUT2D eigenvalue weighted by molar-refractivity contribution is 7.90. The molecule has 1 atom stereocenters. The van der Waals surface area contributed by atoms with E-state index in [1.807, 2.05) is 16.7 Å². The number of aromatic nitrogens is 1. The Balaban J connectivity index is 2.04. The third-order valence-electron chi connectivity index (χ3n) is 5.52. The Labute approximate surface area is 174 Å². The molecule has 0 amide bonds. The molecule has 0 aliphatic heterocycles. The third kappa shape index (κ3) is 3.36. The summed E-state index contributed by atoms with van der Waals surface area (Å²) >= 11 is 6.00. The molecule has 3 aromatic rings. The number of carboxylic acids is 1. The maximum atomic E-state index is 12.2. The summed E-state index contributed by atoms with van der Waals surface area (Å²) in [5.41, 5.74) is 4.13. The molecule has 1 aliphatic rings.